The molecule has 0 bridgehead atoms. The molecular formula is C15H18ClN3O. The first-order valence-electron chi connectivity index (χ1n) is 6.89. The summed E-state index contributed by atoms with van der Waals surface area (Å²) < 4.78 is 5.58. The Morgan fingerprint density at radius 3 is 2.75 bits per heavy atom. The number of hydrogen-bond donors (Lipinski definition) is 0. The summed E-state index contributed by atoms with van der Waals surface area (Å²) in [4.78, 5) is 2.25. The van der Waals surface area contributed by atoms with Crippen LogP contribution in [0.5, 0.6) is 0 Å². The average Bonchev–Trinajstić information content (AvgIpc) is 2.49. The van der Waals surface area contributed by atoms with Gasteiger partial charge in [-0.15, -0.1) is 10.2 Å². The second-order valence-corrected chi connectivity index (χ2v) is 5.70. The Balaban J connectivity index is 2.00. The number of hydrogen-bond acceptors (Lipinski definition) is 4. The molecule has 1 saturated heterocycles. The van der Waals surface area contributed by atoms with Crippen molar-refractivity contribution in [3.63, 3.8) is 0 Å². The van der Waals surface area contributed by atoms with Crippen LogP contribution in [0.25, 0.3) is 10.8 Å². The Labute approximate surface area is 123 Å². The van der Waals surface area contributed by atoms with Gasteiger partial charge in [-0.05, 0) is 12.3 Å². The molecule has 1 aliphatic rings. The van der Waals surface area contributed by atoms with Gasteiger partial charge in [0.2, 0.25) is 0 Å². The largest absolute Gasteiger partial charge is 0.379 e. The summed E-state index contributed by atoms with van der Waals surface area (Å²) in [5.41, 5.74) is 0. The maximum atomic E-state index is 6.13. The van der Waals surface area contributed by atoms with Gasteiger partial charge in [0.1, 0.15) is 0 Å². The number of methoxy groups -OCH3 is 1. The third-order valence-corrected chi connectivity index (χ3v) is 4.39. The van der Waals surface area contributed by atoms with E-state index >= 15 is 0 Å². The Hall–Kier alpha value is -1.39. The van der Waals surface area contributed by atoms with E-state index in [1.165, 1.54) is 0 Å². The molecule has 1 fully saturated rings. The molecule has 106 valence electrons. The van der Waals surface area contributed by atoms with E-state index in [9.17, 15) is 0 Å². The predicted octanol–water partition coefficient (Wildman–Crippen LogP) is 3.14. The molecule has 0 radical (unpaired) electrons. The minimum Gasteiger partial charge on any atom is -0.379 e. The highest BCUT2D eigenvalue weighted by molar-refractivity contribution is 6.34. The van der Waals surface area contributed by atoms with E-state index in [2.05, 4.69) is 22.0 Å². The molecule has 2 unspecified atom stereocenters. The quantitative estimate of drug-likeness (QED) is 0.852. The van der Waals surface area contributed by atoms with E-state index < -0.39 is 0 Å². The molecule has 0 saturated carbocycles. The van der Waals surface area contributed by atoms with E-state index in [1.807, 2.05) is 24.3 Å². The van der Waals surface area contributed by atoms with E-state index in [4.69, 9.17) is 16.3 Å². The molecule has 2 aromatic rings. The maximum Gasteiger partial charge on any atom is 0.159 e. The van der Waals surface area contributed by atoms with Gasteiger partial charge < -0.3 is 9.64 Å². The highest BCUT2D eigenvalue weighted by Crippen LogP contribution is 2.31. The van der Waals surface area contributed by atoms with E-state index in [-0.39, 0.29) is 6.10 Å². The molecule has 2 atom stereocenters. The lowest BCUT2D eigenvalue weighted by molar-refractivity contribution is 0.0497. The van der Waals surface area contributed by atoms with Crippen molar-refractivity contribution in [1.29, 1.82) is 0 Å². The molecule has 1 aromatic heterocycles. The molecule has 0 N–H and O–H groups in total. The molecule has 0 aliphatic carbocycles. The van der Waals surface area contributed by atoms with Gasteiger partial charge in [-0.2, -0.15) is 0 Å². The first-order valence-corrected chi connectivity index (χ1v) is 7.27. The number of piperidine rings is 1. The molecule has 5 heteroatoms. The fraction of sp³-hybridized carbons (Fsp3) is 0.467. The van der Waals surface area contributed by atoms with Crippen molar-refractivity contribution in [1.82, 2.24) is 10.2 Å². The van der Waals surface area contributed by atoms with Gasteiger partial charge >= 0.3 is 0 Å². The van der Waals surface area contributed by atoms with Crippen LogP contribution in [0.15, 0.2) is 24.3 Å². The summed E-state index contributed by atoms with van der Waals surface area (Å²) in [6, 6.07) is 8.00. The fourth-order valence-corrected chi connectivity index (χ4v) is 3.03. The van der Waals surface area contributed by atoms with Crippen LogP contribution >= 0.6 is 11.6 Å². The number of benzene rings is 1. The minimum atomic E-state index is 0.236. The molecule has 4 nitrogen and oxygen atoms in total. The first kappa shape index (κ1) is 13.6. The second-order valence-electron chi connectivity index (χ2n) is 5.35. The van der Waals surface area contributed by atoms with Gasteiger partial charge in [-0.1, -0.05) is 42.8 Å². The summed E-state index contributed by atoms with van der Waals surface area (Å²) in [7, 11) is 1.77. The number of nitrogens with zero attached hydrogens (tertiary/aromatic N) is 3. The van der Waals surface area contributed by atoms with Crippen LogP contribution in [0.4, 0.5) is 5.82 Å². The zero-order valence-electron chi connectivity index (χ0n) is 11.7. The minimum absolute atomic E-state index is 0.236. The van der Waals surface area contributed by atoms with Crippen molar-refractivity contribution >= 4 is 28.2 Å². The summed E-state index contributed by atoms with van der Waals surface area (Å²) in [6.07, 6.45) is 1.33. The Morgan fingerprint density at radius 2 is 2.00 bits per heavy atom. The normalized spacial score (nSPS) is 23.2. The lowest BCUT2D eigenvalue weighted by Gasteiger charge is -2.37. The first-order chi connectivity index (χ1) is 9.70. The van der Waals surface area contributed by atoms with Crippen LogP contribution in [0.1, 0.15) is 13.3 Å². The zero-order valence-corrected chi connectivity index (χ0v) is 12.5. The molecule has 2 heterocycles. The zero-order chi connectivity index (χ0) is 14.1. The Kier molecular flexibility index (Phi) is 3.76. The summed E-state index contributed by atoms with van der Waals surface area (Å²) in [5, 5.41) is 10.9. The van der Waals surface area contributed by atoms with Crippen molar-refractivity contribution in [2.45, 2.75) is 19.4 Å². The number of rotatable bonds is 2. The van der Waals surface area contributed by atoms with Crippen LogP contribution in [0, 0.1) is 5.92 Å². The molecule has 1 aromatic carbocycles. The van der Waals surface area contributed by atoms with E-state index in [0.717, 1.165) is 36.1 Å². The maximum absolute atomic E-state index is 6.13. The third kappa shape index (κ3) is 2.34. The van der Waals surface area contributed by atoms with Crippen molar-refractivity contribution in [3.8, 4) is 0 Å². The Bertz CT molecular complexity index is 619. The fourth-order valence-electron chi connectivity index (χ4n) is 2.82. The van der Waals surface area contributed by atoms with Crippen molar-refractivity contribution < 1.29 is 4.74 Å². The molecular weight excluding hydrogens is 274 g/mol. The highest BCUT2D eigenvalue weighted by atomic mass is 35.5. The second kappa shape index (κ2) is 5.54. The standard InChI is InChI=1S/C15H18ClN3O/c1-10-7-8-19(9-13(10)20-2)15-12-6-4-3-5-11(12)14(16)17-18-15/h3-6,10,13H,7-9H2,1-2H3. The van der Waals surface area contributed by atoms with Crippen molar-refractivity contribution in [3.05, 3.63) is 29.4 Å². The van der Waals surface area contributed by atoms with Crippen LogP contribution in [-0.4, -0.2) is 36.5 Å². The summed E-state index contributed by atoms with van der Waals surface area (Å²) in [6.45, 7) is 4.05. The van der Waals surface area contributed by atoms with E-state index in [0.29, 0.717) is 11.1 Å². The van der Waals surface area contributed by atoms with Crippen LogP contribution < -0.4 is 4.90 Å². The molecule has 3 rings (SSSR count). The van der Waals surface area contributed by atoms with Crippen molar-refractivity contribution in [2.24, 2.45) is 5.92 Å². The van der Waals surface area contributed by atoms with Gasteiger partial charge in [-0.25, -0.2) is 0 Å². The van der Waals surface area contributed by atoms with Crippen LogP contribution in [0.2, 0.25) is 5.15 Å². The molecule has 0 amide bonds. The van der Waals surface area contributed by atoms with Gasteiger partial charge in [-0.3, -0.25) is 0 Å². The summed E-state index contributed by atoms with van der Waals surface area (Å²) in [5.74, 6) is 1.47. The van der Waals surface area contributed by atoms with Gasteiger partial charge in [0.15, 0.2) is 11.0 Å². The van der Waals surface area contributed by atoms with Crippen LogP contribution in [0.3, 0.4) is 0 Å². The SMILES string of the molecule is COC1CN(c2nnc(Cl)c3ccccc23)CCC1C. The smallest absolute Gasteiger partial charge is 0.159 e. The monoisotopic (exact) mass is 291 g/mol. The molecule has 0 spiro atoms. The number of anilines is 1. The number of aromatic nitrogens is 2. The Morgan fingerprint density at radius 1 is 1.25 bits per heavy atom. The average molecular weight is 292 g/mol. The summed E-state index contributed by atoms with van der Waals surface area (Å²) >= 11 is 6.13. The van der Waals surface area contributed by atoms with Gasteiger partial charge in [0.05, 0.1) is 6.10 Å². The van der Waals surface area contributed by atoms with Crippen molar-refractivity contribution in [2.75, 3.05) is 25.1 Å². The molecule has 20 heavy (non-hydrogen) atoms. The number of fused-ring (bicyclic) bond motifs is 1. The lowest BCUT2D eigenvalue weighted by Crippen LogP contribution is -2.44. The van der Waals surface area contributed by atoms with Crippen LogP contribution in [-0.2, 0) is 4.74 Å². The predicted molar refractivity (Wildman–Crippen MR) is 81.3 cm³/mol. The van der Waals surface area contributed by atoms with Gasteiger partial charge in [0, 0.05) is 31.0 Å². The third-order valence-electron chi connectivity index (χ3n) is 4.11. The van der Waals surface area contributed by atoms with E-state index in [1.54, 1.807) is 7.11 Å². The lowest BCUT2D eigenvalue weighted by atomic mass is 9.95. The number of ether oxygens (including phenoxy) is 1. The van der Waals surface area contributed by atoms with Gasteiger partial charge in [0.25, 0.3) is 0 Å². The highest BCUT2D eigenvalue weighted by Gasteiger charge is 2.28. The molecule has 1 aliphatic heterocycles. The topological polar surface area (TPSA) is 38.2 Å². The number of halogens is 1.